The van der Waals surface area contributed by atoms with Gasteiger partial charge in [0.15, 0.2) is 0 Å². The van der Waals surface area contributed by atoms with Crippen LogP contribution in [0.2, 0.25) is 0 Å². The lowest BCUT2D eigenvalue weighted by atomic mass is 9.74. The van der Waals surface area contributed by atoms with Crippen molar-refractivity contribution in [2.75, 3.05) is 11.1 Å². The zero-order chi connectivity index (χ0) is 18.4. The molecule has 2 aromatic rings. The lowest BCUT2D eigenvalue weighted by Gasteiger charge is -2.37. The molecule has 0 bridgehead atoms. The van der Waals surface area contributed by atoms with Gasteiger partial charge in [-0.25, -0.2) is 15.0 Å². The maximum Gasteiger partial charge on any atom is 0.222 e. The minimum Gasteiger partial charge on any atom is -0.368 e. The first-order valence-electron chi connectivity index (χ1n) is 8.77. The van der Waals surface area contributed by atoms with Crippen molar-refractivity contribution < 1.29 is 0 Å². The van der Waals surface area contributed by atoms with E-state index >= 15 is 0 Å². The Morgan fingerprint density at radius 2 is 1.92 bits per heavy atom. The minimum atomic E-state index is -0.0578. The number of hydrogen-bond donors (Lipinski definition) is 2. The summed E-state index contributed by atoms with van der Waals surface area (Å²) in [4.78, 5) is 18.0. The summed E-state index contributed by atoms with van der Waals surface area (Å²) in [6.45, 7) is 12.9. The van der Waals surface area contributed by atoms with E-state index in [2.05, 4.69) is 54.9 Å². The van der Waals surface area contributed by atoms with Gasteiger partial charge in [0, 0.05) is 34.6 Å². The normalized spacial score (nSPS) is 19.4. The Labute approximate surface area is 149 Å². The number of aryl methyl sites for hydroxylation is 1. The van der Waals surface area contributed by atoms with Gasteiger partial charge in [0.2, 0.25) is 5.95 Å². The Hall–Kier alpha value is -2.24. The van der Waals surface area contributed by atoms with Crippen LogP contribution in [0.15, 0.2) is 12.3 Å². The average Bonchev–Trinajstić information content (AvgIpc) is 2.43. The van der Waals surface area contributed by atoms with Crippen molar-refractivity contribution in [3.05, 3.63) is 35.0 Å². The van der Waals surface area contributed by atoms with Crippen molar-refractivity contribution >= 4 is 11.8 Å². The number of hydrogen-bond acceptors (Lipinski definition) is 6. The summed E-state index contributed by atoms with van der Waals surface area (Å²) in [6.07, 6.45) is 3.92. The zero-order valence-electron chi connectivity index (χ0n) is 16.0. The molecule has 6 nitrogen and oxygen atoms in total. The minimum absolute atomic E-state index is 0.0578. The van der Waals surface area contributed by atoms with E-state index in [0.717, 1.165) is 41.4 Å². The van der Waals surface area contributed by atoms with Crippen LogP contribution >= 0.6 is 0 Å². The van der Waals surface area contributed by atoms with Crippen molar-refractivity contribution in [2.24, 2.45) is 5.41 Å². The van der Waals surface area contributed by atoms with Gasteiger partial charge in [-0.2, -0.15) is 4.98 Å². The molecule has 25 heavy (non-hydrogen) atoms. The van der Waals surface area contributed by atoms with Gasteiger partial charge in [0.1, 0.15) is 11.6 Å². The van der Waals surface area contributed by atoms with Crippen LogP contribution in [0.1, 0.15) is 69.9 Å². The van der Waals surface area contributed by atoms with Crippen molar-refractivity contribution in [1.82, 2.24) is 19.9 Å². The van der Waals surface area contributed by atoms with Crippen molar-refractivity contribution in [1.29, 1.82) is 0 Å². The smallest absolute Gasteiger partial charge is 0.222 e. The maximum atomic E-state index is 5.79. The Morgan fingerprint density at radius 1 is 1.20 bits per heavy atom. The van der Waals surface area contributed by atoms with Crippen LogP contribution in [0.25, 0.3) is 0 Å². The second-order valence-corrected chi connectivity index (χ2v) is 8.84. The second kappa shape index (κ2) is 5.93. The fourth-order valence-electron chi connectivity index (χ4n) is 3.38. The van der Waals surface area contributed by atoms with Gasteiger partial charge < -0.3 is 11.1 Å². The Morgan fingerprint density at radius 3 is 2.56 bits per heavy atom. The molecule has 1 aliphatic rings. The molecular formula is C19H28N6. The average molecular weight is 340 g/mol. The van der Waals surface area contributed by atoms with Gasteiger partial charge in [-0.15, -0.1) is 0 Å². The topological polar surface area (TPSA) is 89.6 Å². The van der Waals surface area contributed by atoms with E-state index < -0.39 is 0 Å². The molecule has 0 radical (unpaired) electrons. The summed E-state index contributed by atoms with van der Waals surface area (Å²) in [7, 11) is 0. The zero-order valence-corrected chi connectivity index (χ0v) is 16.0. The van der Waals surface area contributed by atoms with E-state index in [9.17, 15) is 0 Å². The van der Waals surface area contributed by atoms with Crippen molar-refractivity contribution in [2.45, 2.75) is 65.8 Å². The van der Waals surface area contributed by atoms with E-state index in [1.807, 2.05) is 19.2 Å². The molecule has 3 N–H and O–H groups in total. The lowest BCUT2D eigenvalue weighted by Crippen LogP contribution is -2.32. The first kappa shape index (κ1) is 17.6. The third-order valence-electron chi connectivity index (χ3n) is 4.54. The molecule has 3 rings (SSSR count). The fraction of sp³-hybridized carbons (Fsp3) is 0.579. The Bertz CT molecular complexity index is 771. The van der Waals surface area contributed by atoms with Crippen LogP contribution in [-0.2, 0) is 11.8 Å². The molecule has 2 heterocycles. The molecule has 1 atom stereocenters. The van der Waals surface area contributed by atoms with Crippen LogP contribution in [0.3, 0.4) is 0 Å². The SMILES string of the molecule is Cc1cc(N[C@H]2CC(C)(C)Cc3nc(C(C)(C)C)ncc32)nc(N)n1. The second-order valence-electron chi connectivity index (χ2n) is 8.84. The predicted octanol–water partition coefficient (Wildman–Crippen LogP) is 3.58. The highest BCUT2D eigenvalue weighted by Gasteiger charge is 2.34. The first-order chi connectivity index (χ1) is 11.5. The van der Waals surface area contributed by atoms with E-state index in [1.165, 1.54) is 0 Å². The summed E-state index contributed by atoms with van der Waals surface area (Å²) in [5.74, 6) is 1.93. The monoisotopic (exact) mass is 340 g/mol. The molecule has 0 spiro atoms. The molecule has 0 saturated heterocycles. The van der Waals surface area contributed by atoms with Gasteiger partial charge in [-0.05, 0) is 25.2 Å². The summed E-state index contributed by atoms with van der Waals surface area (Å²) in [5.41, 5.74) is 9.03. The highest BCUT2D eigenvalue weighted by molar-refractivity contribution is 5.44. The molecule has 0 aromatic carbocycles. The molecule has 134 valence electrons. The number of aromatic nitrogens is 4. The molecule has 1 aliphatic carbocycles. The van der Waals surface area contributed by atoms with Gasteiger partial charge in [0.25, 0.3) is 0 Å². The highest BCUT2D eigenvalue weighted by Crippen LogP contribution is 2.41. The van der Waals surface area contributed by atoms with Crippen LogP contribution < -0.4 is 11.1 Å². The van der Waals surface area contributed by atoms with Gasteiger partial charge in [0.05, 0.1) is 6.04 Å². The fourth-order valence-corrected chi connectivity index (χ4v) is 3.38. The van der Waals surface area contributed by atoms with E-state index in [-0.39, 0.29) is 22.8 Å². The molecule has 0 unspecified atom stereocenters. The van der Waals surface area contributed by atoms with Crippen LogP contribution in [0.5, 0.6) is 0 Å². The standard InChI is InChI=1S/C19H28N6/c1-11-7-15(25-17(20)22-11)23-13-8-19(5,6)9-14-12(13)10-21-16(24-14)18(2,3)4/h7,10,13H,8-9H2,1-6H3,(H3,20,22,23,25)/t13-/m0/s1. The quantitative estimate of drug-likeness (QED) is 0.868. The first-order valence-corrected chi connectivity index (χ1v) is 8.77. The largest absolute Gasteiger partial charge is 0.368 e. The van der Waals surface area contributed by atoms with E-state index in [4.69, 9.17) is 10.7 Å². The number of nitrogens with one attached hydrogen (secondary N) is 1. The van der Waals surface area contributed by atoms with Crippen molar-refractivity contribution in [3.63, 3.8) is 0 Å². The molecule has 0 saturated carbocycles. The molecular weight excluding hydrogens is 312 g/mol. The number of nitrogens with zero attached hydrogens (tertiary/aromatic N) is 4. The Balaban J connectivity index is 1.98. The number of rotatable bonds is 2. The molecule has 0 amide bonds. The van der Waals surface area contributed by atoms with Crippen LogP contribution in [-0.4, -0.2) is 19.9 Å². The number of nitrogen functional groups attached to an aromatic ring is 1. The highest BCUT2D eigenvalue weighted by atomic mass is 15.1. The summed E-state index contributed by atoms with van der Waals surface area (Å²) in [5, 5.41) is 3.52. The molecule has 6 heteroatoms. The molecule has 0 fully saturated rings. The number of fused-ring (bicyclic) bond motifs is 1. The predicted molar refractivity (Wildman–Crippen MR) is 100 cm³/mol. The van der Waals surface area contributed by atoms with Crippen LogP contribution in [0.4, 0.5) is 11.8 Å². The number of anilines is 2. The van der Waals surface area contributed by atoms with Gasteiger partial charge in [-0.1, -0.05) is 34.6 Å². The third-order valence-corrected chi connectivity index (χ3v) is 4.54. The van der Waals surface area contributed by atoms with Crippen LogP contribution in [0, 0.1) is 12.3 Å². The number of nitrogens with two attached hydrogens (primary N) is 1. The van der Waals surface area contributed by atoms with E-state index in [0.29, 0.717) is 0 Å². The lowest BCUT2D eigenvalue weighted by molar-refractivity contribution is 0.284. The summed E-state index contributed by atoms with van der Waals surface area (Å²) in [6, 6.07) is 2.03. The maximum absolute atomic E-state index is 5.79. The van der Waals surface area contributed by atoms with Gasteiger partial charge in [-0.3, -0.25) is 0 Å². The van der Waals surface area contributed by atoms with Crippen molar-refractivity contribution in [3.8, 4) is 0 Å². The van der Waals surface area contributed by atoms with E-state index in [1.54, 1.807) is 0 Å². The molecule has 2 aromatic heterocycles. The Kier molecular flexibility index (Phi) is 4.17. The third kappa shape index (κ3) is 3.89. The molecule has 0 aliphatic heterocycles. The van der Waals surface area contributed by atoms with Gasteiger partial charge >= 0.3 is 0 Å². The summed E-state index contributed by atoms with van der Waals surface area (Å²) >= 11 is 0. The summed E-state index contributed by atoms with van der Waals surface area (Å²) < 4.78 is 0.